The van der Waals surface area contributed by atoms with E-state index >= 15 is 0 Å². The summed E-state index contributed by atoms with van der Waals surface area (Å²) >= 11 is 0. The second kappa shape index (κ2) is 18.2. The van der Waals surface area contributed by atoms with Crippen molar-refractivity contribution >= 4 is 51.3 Å². The Kier molecular flexibility index (Phi) is 12.2. The predicted molar refractivity (Wildman–Crippen MR) is 236 cm³/mol. The monoisotopic (exact) mass is 831 g/mol. The largest absolute Gasteiger partial charge is 0.355 e. The van der Waals surface area contributed by atoms with Crippen LogP contribution in [0.2, 0.25) is 0 Å². The molecule has 3 aliphatic rings. The van der Waals surface area contributed by atoms with E-state index in [9.17, 15) is 19.2 Å². The zero-order valence-electron chi connectivity index (χ0n) is 35.3. The molecule has 4 aromatic heterocycles. The molecule has 0 atom stereocenters. The van der Waals surface area contributed by atoms with E-state index in [4.69, 9.17) is 0 Å². The van der Waals surface area contributed by atoms with Gasteiger partial charge in [0.25, 0.3) is 11.8 Å². The Balaban J connectivity index is 0.000000164. The van der Waals surface area contributed by atoms with E-state index in [0.29, 0.717) is 43.4 Å². The molecule has 3 aliphatic heterocycles. The molecule has 0 aliphatic carbocycles. The van der Waals surface area contributed by atoms with Gasteiger partial charge in [-0.25, -0.2) is 15.0 Å². The number of piperidine rings is 1. The fraction of sp³-hybridized carbons (Fsp3) is 0.319. The number of para-hydroxylation sites is 4. The van der Waals surface area contributed by atoms with Crippen LogP contribution in [-0.2, 0) is 4.79 Å². The van der Waals surface area contributed by atoms with Crippen LogP contribution in [0, 0.1) is 5.92 Å². The normalized spacial score (nSPS) is 15.5. The van der Waals surface area contributed by atoms with Crippen LogP contribution in [0.4, 0.5) is 5.82 Å². The summed E-state index contributed by atoms with van der Waals surface area (Å²) in [6, 6.07) is 22.6. The number of aromatic nitrogens is 8. The number of benzene rings is 3. The highest BCUT2D eigenvalue weighted by molar-refractivity contribution is 5.96. The number of nitrogens with one attached hydrogen (secondary N) is 2. The number of hydrogen-bond donors (Lipinski definition) is 2. The van der Waals surface area contributed by atoms with Crippen molar-refractivity contribution in [1.29, 1.82) is 0 Å². The van der Waals surface area contributed by atoms with Gasteiger partial charge in [-0.05, 0) is 57.0 Å². The van der Waals surface area contributed by atoms with Crippen LogP contribution < -0.4 is 4.90 Å². The summed E-state index contributed by atoms with van der Waals surface area (Å²) < 4.78 is 0. The number of aromatic amines is 2. The van der Waals surface area contributed by atoms with Crippen molar-refractivity contribution in [3.63, 3.8) is 0 Å². The molecule has 316 valence electrons. The molecule has 0 spiro atoms. The minimum atomic E-state index is -0.119. The lowest BCUT2D eigenvalue weighted by Crippen LogP contribution is -2.49. The predicted octanol–water partition coefficient (Wildman–Crippen LogP) is 6.89. The second-order valence-corrected chi connectivity index (χ2v) is 15.6. The van der Waals surface area contributed by atoms with Gasteiger partial charge in [-0.3, -0.25) is 34.1 Å². The second-order valence-electron chi connectivity index (χ2n) is 15.6. The number of amides is 2. The summed E-state index contributed by atoms with van der Waals surface area (Å²) in [7, 11) is 0. The van der Waals surface area contributed by atoms with E-state index in [-0.39, 0.29) is 41.1 Å². The van der Waals surface area contributed by atoms with Gasteiger partial charge in [0, 0.05) is 92.9 Å². The van der Waals surface area contributed by atoms with E-state index in [1.807, 2.05) is 80.6 Å². The van der Waals surface area contributed by atoms with Gasteiger partial charge in [0.05, 0.1) is 39.1 Å². The SMILES string of the molecule is CC.CC(=O)C1CCN(c2nccnc2C2CN(C(=O)c3nc4ccccc4[nH]3)C2)CC1.CC(=O)c1cccc(-c2nccnc2C2CN(C(=O)c3nc4ccccc4[nH]3)C2)c1. The third kappa shape index (κ3) is 8.55. The van der Waals surface area contributed by atoms with E-state index in [0.717, 1.165) is 76.5 Å². The Labute approximate surface area is 359 Å². The van der Waals surface area contributed by atoms with Gasteiger partial charge >= 0.3 is 0 Å². The first-order valence-corrected chi connectivity index (χ1v) is 21.2. The lowest BCUT2D eigenvalue weighted by atomic mass is 9.91. The first kappa shape index (κ1) is 41.6. The molecule has 15 heteroatoms. The number of imidazole rings is 2. The van der Waals surface area contributed by atoms with Gasteiger partial charge < -0.3 is 24.7 Å². The standard InChI is InChI=1S/C23H19N5O2.C22H24N6O2.C2H6/c1-14(29)15-5-4-6-16(11-15)20-21(25-10-9-24-20)17-12-28(13-17)23(30)22-26-18-7-2-3-8-19(18)27-22;1-14(29)15-6-10-27(11-7-15)21-19(23-8-9-24-21)16-12-28(13-16)22(30)20-25-17-4-2-3-5-18(17)26-20;1-2/h2-11,17H,12-13H2,1H3,(H,26,27);2-5,8-9,15-16H,6-7,10-13H2,1H3,(H,25,26);1-2H3. The van der Waals surface area contributed by atoms with Gasteiger partial charge in [-0.1, -0.05) is 56.3 Å². The number of ketones is 2. The van der Waals surface area contributed by atoms with Crippen LogP contribution in [0.3, 0.4) is 0 Å². The molecule has 2 amide bonds. The van der Waals surface area contributed by atoms with Crippen LogP contribution in [0.5, 0.6) is 0 Å². The average Bonchev–Trinajstić information content (AvgIpc) is 3.92. The maximum absolute atomic E-state index is 12.8. The Morgan fingerprint density at radius 2 is 1.13 bits per heavy atom. The van der Waals surface area contributed by atoms with Crippen molar-refractivity contribution in [2.45, 2.75) is 52.4 Å². The summed E-state index contributed by atoms with van der Waals surface area (Å²) in [5.41, 5.74) is 7.30. The van der Waals surface area contributed by atoms with Gasteiger partial charge in [0.15, 0.2) is 23.2 Å². The summed E-state index contributed by atoms with van der Waals surface area (Å²) in [6.07, 6.45) is 8.45. The number of fused-ring (bicyclic) bond motifs is 2. The van der Waals surface area contributed by atoms with E-state index in [1.54, 1.807) is 54.5 Å². The Morgan fingerprint density at radius 1 is 0.613 bits per heavy atom. The molecule has 0 saturated carbocycles. The maximum Gasteiger partial charge on any atom is 0.289 e. The van der Waals surface area contributed by atoms with Crippen molar-refractivity contribution < 1.29 is 19.2 Å². The third-order valence-electron chi connectivity index (χ3n) is 11.6. The van der Waals surface area contributed by atoms with Crippen LogP contribution in [0.1, 0.15) is 95.4 Å². The van der Waals surface area contributed by atoms with Gasteiger partial charge in [-0.2, -0.15) is 0 Å². The average molecular weight is 832 g/mol. The zero-order valence-corrected chi connectivity index (χ0v) is 35.3. The molecular weight excluding hydrogens is 783 g/mol. The Bertz CT molecular complexity index is 2680. The summed E-state index contributed by atoms with van der Waals surface area (Å²) in [5.74, 6) is 2.09. The lowest BCUT2D eigenvalue weighted by molar-refractivity contribution is -0.121. The van der Waals surface area contributed by atoms with Crippen molar-refractivity contribution in [2.75, 3.05) is 44.2 Å². The quantitative estimate of drug-likeness (QED) is 0.152. The molecule has 62 heavy (non-hydrogen) atoms. The van der Waals surface area contributed by atoms with Crippen LogP contribution in [0.25, 0.3) is 33.3 Å². The van der Waals surface area contributed by atoms with Gasteiger partial charge in [0.1, 0.15) is 5.78 Å². The lowest BCUT2D eigenvalue weighted by Gasteiger charge is -2.40. The fourth-order valence-corrected chi connectivity index (χ4v) is 8.17. The molecule has 3 aromatic carbocycles. The first-order chi connectivity index (χ1) is 30.2. The molecule has 0 radical (unpaired) electrons. The van der Waals surface area contributed by atoms with Crippen LogP contribution in [0.15, 0.2) is 97.6 Å². The molecule has 10 rings (SSSR count). The first-order valence-electron chi connectivity index (χ1n) is 21.2. The molecule has 7 heterocycles. The zero-order chi connectivity index (χ0) is 43.3. The number of carbonyl (C=O) groups is 4. The highest BCUT2D eigenvalue weighted by Crippen LogP contribution is 2.35. The highest BCUT2D eigenvalue weighted by atomic mass is 16.2. The minimum Gasteiger partial charge on any atom is -0.355 e. The molecule has 7 aromatic rings. The summed E-state index contributed by atoms with van der Waals surface area (Å²) in [4.78, 5) is 88.1. The number of likely N-dealkylation sites (tertiary alicyclic amines) is 2. The van der Waals surface area contributed by atoms with Crippen LogP contribution in [-0.4, -0.2) is 112 Å². The number of anilines is 1. The molecule has 3 saturated heterocycles. The number of Topliss-reactive ketones (excluding diaryl/α,β-unsaturated/α-hetero) is 2. The Hall–Kier alpha value is -7.16. The van der Waals surface area contributed by atoms with Gasteiger partial charge in [0.2, 0.25) is 0 Å². The van der Waals surface area contributed by atoms with Crippen LogP contribution >= 0.6 is 0 Å². The summed E-state index contributed by atoms with van der Waals surface area (Å²) in [5, 5.41) is 0. The molecule has 2 N–H and O–H groups in total. The molecular formula is C47H49N11O4. The molecule has 15 nitrogen and oxygen atoms in total. The van der Waals surface area contributed by atoms with Crippen molar-refractivity contribution in [1.82, 2.24) is 49.7 Å². The molecule has 0 bridgehead atoms. The molecule has 0 unspecified atom stereocenters. The van der Waals surface area contributed by atoms with E-state index < -0.39 is 0 Å². The van der Waals surface area contributed by atoms with Crippen molar-refractivity contribution in [3.8, 4) is 11.3 Å². The number of hydrogen-bond acceptors (Lipinski definition) is 11. The summed E-state index contributed by atoms with van der Waals surface area (Å²) in [6.45, 7) is 11.1. The number of H-pyrrole nitrogens is 2. The Morgan fingerprint density at radius 3 is 1.68 bits per heavy atom. The van der Waals surface area contributed by atoms with Gasteiger partial charge in [-0.15, -0.1) is 0 Å². The third-order valence-corrected chi connectivity index (χ3v) is 11.6. The smallest absolute Gasteiger partial charge is 0.289 e. The van der Waals surface area contributed by atoms with Crippen molar-refractivity contribution in [3.05, 3.63) is 126 Å². The topological polar surface area (TPSA) is 187 Å². The number of carbonyl (C=O) groups excluding carboxylic acids is 4. The highest BCUT2D eigenvalue weighted by Gasteiger charge is 2.38. The fourth-order valence-electron chi connectivity index (χ4n) is 8.17. The number of rotatable bonds is 8. The minimum absolute atomic E-state index is 0.00791. The number of nitrogens with zero attached hydrogens (tertiary/aromatic N) is 9. The van der Waals surface area contributed by atoms with Crippen molar-refractivity contribution in [2.24, 2.45) is 5.92 Å². The van der Waals surface area contributed by atoms with E-state index in [2.05, 4.69) is 44.8 Å². The molecule has 3 fully saturated rings. The van der Waals surface area contributed by atoms with E-state index in [1.165, 1.54) is 0 Å². The maximum atomic E-state index is 12.8.